The molecule has 0 aromatic heterocycles. The third-order valence-corrected chi connectivity index (χ3v) is 2.90. The summed E-state index contributed by atoms with van der Waals surface area (Å²) in [7, 11) is 0. The topological polar surface area (TPSA) is 67.4 Å². The second-order valence-electron chi connectivity index (χ2n) is 5.51. The highest BCUT2D eigenvalue weighted by Crippen LogP contribution is 2.24. The van der Waals surface area contributed by atoms with Gasteiger partial charge < -0.3 is 15.4 Å². The number of amides is 2. The molecule has 0 aliphatic carbocycles. The molecule has 1 aromatic carbocycles. The summed E-state index contributed by atoms with van der Waals surface area (Å²) >= 11 is 0. The van der Waals surface area contributed by atoms with Crippen LogP contribution in [-0.4, -0.2) is 31.1 Å². The first-order valence-electron chi connectivity index (χ1n) is 7.33. The Bertz CT molecular complexity index is 506. The Labute approximate surface area is 130 Å². The zero-order chi connectivity index (χ0) is 16.5. The zero-order valence-electron chi connectivity index (χ0n) is 13.2. The number of nitrogens with one attached hydrogen (secondary N) is 2. The van der Waals surface area contributed by atoms with Crippen LogP contribution in [0.1, 0.15) is 27.2 Å². The maximum Gasteiger partial charge on any atom is 0.313 e. The third kappa shape index (κ3) is 6.11. The molecule has 0 aliphatic rings. The molecule has 0 unspecified atom stereocenters. The van der Waals surface area contributed by atoms with E-state index in [1.54, 1.807) is 24.3 Å². The Morgan fingerprint density at radius 3 is 2.50 bits per heavy atom. The highest BCUT2D eigenvalue weighted by Gasteiger charge is 2.17. The SMILES string of the molecule is CC(C)CCOc1ccccc1NC(=O)C(=O)N[C@@H](C)CF. The van der Waals surface area contributed by atoms with Crippen molar-refractivity contribution in [3.05, 3.63) is 24.3 Å². The van der Waals surface area contributed by atoms with E-state index in [9.17, 15) is 14.0 Å². The van der Waals surface area contributed by atoms with Crippen LogP contribution in [0.3, 0.4) is 0 Å². The largest absolute Gasteiger partial charge is 0.491 e. The number of carbonyl (C=O) groups is 2. The van der Waals surface area contributed by atoms with Gasteiger partial charge in [-0.2, -0.15) is 0 Å². The minimum atomic E-state index is -0.873. The smallest absolute Gasteiger partial charge is 0.313 e. The van der Waals surface area contributed by atoms with Crippen LogP contribution in [-0.2, 0) is 9.59 Å². The molecule has 0 spiro atoms. The van der Waals surface area contributed by atoms with E-state index < -0.39 is 24.5 Å². The molecule has 2 N–H and O–H groups in total. The number of rotatable bonds is 7. The summed E-state index contributed by atoms with van der Waals surface area (Å²) in [5.41, 5.74) is 0.416. The molecule has 22 heavy (non-hydrogen) atoms. The van der Waals surface area contributed by atoms with Crippen LogP contribution in [0, 0.1) is 5.92 Å². The van der Waals surface area contributed by atoms with Gasteiger partial charge in [0.25, 0.3) is 0 Å². The number of benzene rings is 1. The second-order valence-corrected chi connectivity index (χ2v) is 5.51. The van der Waals surface area contributed by atoms with Crippen molar-refractivity contribution < 1.29 is 18.7 Å². The van der Waals surface area contributed by atoms with Crippen molar-refractivity contribution in [3.63, 3.8) is 0 Å². The minimum absolute atomic E-state index is 0.416. The summed E-state index contributed by atoms with van der Waals surface area (Å²) in [6, 6.07) is 6.18. The molecule has 0 aliphatic heterocycles. The average Bonchev–Trinajstić information content (AvgIpc) is 2.48. The first-order valence-corrected chi connectivity index (χ1v) is 7.33. The molecule has 122 valence electrons. The summed E-state index contributed by atoms with van der Waals surface area (Å²) in [6.45, 7) is 5.46. The molecule has 5 nitrogen and oxygen atoms in total. The normalized spacial score (nSPS) is 11.9. The van der Waals surface area contributed by atoms with Gasteiger partial charge in [-0.3, -0.25) is 9.59 Å². The maximum atomic E-state index is 12.3. The van der Waals surface area contributed by atoms with E-state index in [2.05, 4.69) is 24.5 Å². The average molecular weight is 310 g/mol. The first-order chi connectivity index (χ1) is 10.4. The summed E-state index contributed by atoms with van der Waals surface area (Å²) in [6.07, 6.45) is 0.886. The number of anilines is 1. The number of para-hydroxylation sites is 2. The quantitative estimate of drug-likeness (QED) is 0.761. The molecule has 1 atom stereocenters. The number of alkyl halides is 1. The van der Waals surface area contributed by atoms with Gasteiger partial charge in [0, 0.05) is 0 Å². The Morgan fingerprint density at radius 1 is 1.18 bits per heavy atom. The number of hydrogen-bond donors (Lipinski definition) is 2. The molecule has 0 saturated carbocycles. The van der Waals surface area contributed by atoms with E-state index in [4.69, 9.17) is 4.74 Å². The van der Waals surface area contributed by atoms with Gasteiger partial charge in [0.2, 0.25) is 0 Å². The summed E-state index contributed by atoms with van der Waals surface area (Å²) in [5, 5.41) is 4.74. The van der Waals surface area contributed by atoms with E-state index in [0.29, 0.717) is 24.0 Å². The first kappa shape index (κ1) is 17.9. The van der Waals surface area contributed by atoms with Crippen molar-refractivity contribution in [2.24, 2.45) is 5.92 Å². The third-order valence-electron chi connectivity index (χ3n) is 2.90. The molecule has 2 amide bonds. The van der Waals surface area contributed by atoms with E-state index >= 15 is 0 Å². The van der Waals surface area contributed by atoms with Crippen LogP contribution in [0.4, 0.5) is 10.1 Å². The van der Waals surface area contributed by atoms with Crippen LogP contribution < -0.4 is 15.4 Å². The predicted molar refractivity (Wildman–Crippen MR) is 83.6 cm³/mol. The Morgan fingerprint density at radius 2 is 1.86 bits per heavy atom. The molecule has 6 heteroatoms. The molecule has 0 saturated heterocycles. The van der Waals surface area contributed by atoms with Gasteiger partial charge in [-0.05, 0) is 31.4 Å². The van der Waals surface area contributed by atoms with Gasteiger partial charge in [-0.25, -0.2) is 4.39 Å². The Kier molecular flexibility index (Phi) is 7.36. The Balaban J connectivity index is 2.64. The number of hydrogen-bond acceptors (Lipinski definition) is 3. The highest BCUT2D eigenvalue weighted by atomic mass is 19.1. The van der Waals surface area contributed by atoms with Gasteiger partial charge in [0.05, 0.1) is 18.3 Å². The standard InChI is InChI=1S/C16H23FN2O3/c1-11(2)8-9-22-14-7-5-4-6-13(14)19-16(21)15(20)18-12(3)10-17/h4-7,11-12H,8-10H2,1-3H3,(H,18,20)(H,19,21)/t12-/m0/s1. The molecule has 0 heterocycles. The lowest BCUT2D eigenvalue weighted by Crippen LogP contribution is -2.41. The molecule has 0 fully saturated rings. The van der Waals surface area contributed by atoms with Crippen LogP contribution in [0.25, 0.3) is 0 Å². The van der Waals surface area contributed by atoms with E-state index in [0.717, 1.165) is 6.42 Å². The highest BCUT2D eigenvalue weighted by molar-refractivity contribution is 6.39. The molecule has 0 radical (unpaired) electrons. The van der Waals surface area contributed by atoms with Crippen molar-refractivity contribution in [3.8, 4) is 5.75 Å². The lowest BCUT2D eigenvalue weighted by Gasteiger charge is -2.14. The monoisotopic (exact) mass is 310 g/mol. The fraction of sp³-hybridized carbons (Fsp3) is 0.500. The van der Waals surface area contributed by atoms with E-state index in [1.165, 1.54) is 6.92 Å². The van der Waals surface area contributed by atoms with Gasteiger partial charge in [0.15, 0.2) is 0 Å². The second kappa shape index (κ2) is 9.02. The number of ether oxygens (including phenoxy) is 1. The van der Waals surface area contributed by atoms with Gasteiger partial charge >= 0.3 is 11.8 Å². The van der Waals surface area contributed by atoms with Crippen molar-refractivity contribution in [1.29, 1.82) is 0 Å². The van der Waals surface area contributed by atoms with Crippen molar-refractivity contribution in [2.75, 3.05) is 18.6 Å². The minimum Gasteiger partial charge on any atom is -0.491 e. The van der Waals surface area contributed by atoms with Crippen LogP contribution in [0.15, 0.2) is 24.3 Å². The lowest BCUT2D eigenvalue weighted by atomic mass is 10.1. The Hall–Kier alpha value is -2.11. The van der Waals surface area contributed by atoms with Crippen LogP contribution in [0.5, 0.6) is 5.75 Å². The summed E-state index contributed by atoms with van der Waals surface area (Å²) in [4.78, 5) is 23.4. The summed E-state index contributed by atoms with van der Waals surface area (Å²) < 4.78 is 18.0. The van der Waals surface area contributed by atoms with Crippen molar-refractivity contribution in [1.82, 2.24) is 5.32 Å². The molecule has 1 aromatic rings. The fourth-order valence-electron chi connectivity index (χ4n) is 1.61. The molecular formula is C16H23FN2O3. The van der Waals surface area contributed by atoms with Gasteiger partial charge in [-0.1, -0.05) is 26.0 Å². The number of halogens is 1. The fourth-order valence-corrected chi connectivity index (χ4v) is 1.61. The summed E-state index contributed by atoms with van der Waals surface area (Å²) in [5.74, 6) is -0.708. The van der Waals surface area contributed by atoms with Crippen LogP contribution >= 0.6 is 0 Å². The maximum absolute atomic E-state index is 12.3. The van der Waals surface area contributed by atoms with Crippen molar-refractivity contribution in [2.45, 2.75) is 33.2 Å². The lowest BCUT2D eigenvalue weighted by molar-refractivity contribution is -0.136. The van der Waals surface area contributed by atoms with E-state index in [-0.39, 0.29) is 0 Å². The molecular weight excluding hydrogens is 287 g/mol. The number of carbonyl (C=O) groups excluding carboxylic acids is 2. The van der Waals surface area contributed by atoms with Gasteiger partial charge in [-0.15, -0.1) is 0 Å². The van der Waals surface area contributed by atoms with Crippen LogP contribution in [0.2, 0.25) is 0 Å². The zero-order valence-corrected chi connectivity index (χ0v) is 13.2. The van der Waals surface area contributed by atoms with E-state index in [1.807, 2.05) is 0 Å². The molecule has 0 bridgehead atoms. The molecule has 1 rings (SSSR count). The van der Waals surface area contributed by atoms with Gasteiger partial charge in [0.1, 0.15) is 12.4 Å². The van der Waals surface area contributed by atoms with Crippen molar-refractivity contribution >= 4 is 17.5 Å². The predicted octanol–water partition coefficient (Wildman–Crippen LogP) is 2.52.